The lowest BCUT2D eigenvalue weighted by Gasteiger charge is -2.38. The second kappa shape index (κ2) is 3.80. The van der Waals surface area contributed by atoms with Gasteiger partial charge in [-0.25, -0.2) is 0 Å². The highest BCUT2D eigenvalue weighted by atomic mass is 16.5. The van der Waals surface area contributed by atoms with Crippen LogP contribution in [0.3, 0.4) is 0 Å². The van der Waals surface area contributed by atoms with Gasteiger partial charge in [0.05, 0.1) is 5.92 Å². The maximum Gasteiger partial charge on any atom is 0.229 e. The van der Waals surface area contributed by atoms with Gasteiger partial charge in [0, 0.05) is 29.9 Å². The molecular formula is C18H19NO3. The molecule has 6 unspecified atom stereocenters. The molecule has 0 spiro atoms. The average Bonchev–Trinajstić information content (AvgIpc) is 3.16. The molecule has 2 saturated heterocycles. The minimum atomic E-state index is -0.708. The Morgan fingerprint density at radius 3 is 2.68 bits per heavy atom. The maximum atomic E-state index is 12.9. The van der Waals surface area contributed by atoms with Crippen LogP contribution in [0.2, 0.25) is 0 Å². The fourth-order valence-electron chi connectivity index (χ4n) is 5.59. The summed E-state index contributed by atoms with van der Waals surface area (Å²) in [4.78, 5) is 27.3. The summed E-state index contributed by atoms with van der Waals surface area (Å²) in [6.07, 6.45) is 0.546. The number of benzene rings is 1. The Morgan fingerprint density at radius 2 is 2.00 bits per heavy atom. The van der Waals surface area contributed by atoms with E-state index in [0.29, 0.717) is 6.54 Å². The van der Waals surface area contributed by atoms with Crippen molar-refractivity contribution < 1.29 is 14.3 Å². The van der Waals surface area contributed by atoms with Crippen LogP contribution in [0.1, 0.15) is 24.5 Å². The monoisotopic (exact) mass is 297 g/mol. The minimum Gasteiger partial charge on any atom is -0.340 e. The van der Waals surface area contributed by atoms with E-state index in [1.807, 2.05) is 11.8 Å². The predicted molar refractivity (Wildman–Crippen MR) is 78.7 cm³/mol. The first kappa shape index (κ1) is 12.8. The topological polar surface area (TPSA) is 46.6 Å². The number of carbonyl (C=O) groups excluding carboxylic acids is 2. The molecule has 6 atom stereocenters. The number of aryl methyl sites for hydroxylation is 1. The summed E-state index contributed by atoms with van der Waals surface area (Å²) in [6.45, 7) is 4.68. The zero-order valence-corrected chi connectivity index (χ0v) is 12.8. The van der Waals surface area contributed by atoms with Crippen molar-refractivity contribution in [3.05, 3.63) is 35.4 Å². The van der Waals surface area contributed by atoms with E-state index < -0.39 is 5.72 Å². The predicted octanol–water partition coefficient (Wildman–Crippen LogP) is 1.86. The third-order valence-corrected chi connectivity index (χ3v) is 6.33. The SMILES string of the molecule is CCN1C(=O)C2C3CC4C(OC1(c1ccc(C)cc1)C42)C3=O. The highest BCUT2D eigenvalue weighted by Crippen LogP contribution is 2.69. The highest BCUT2D eigenvalue weighted by Gasteiger charge is 2.78. The number of ketones is 1. The van der Waals surface area contributed by atoms with Crippen molar-refractivity contribution in [3.8, 4) is 0 Å². The van der Waals surface area contributed by atoms with Gasteiger partial charge in [-0.1, -0.05) is 29.8 Å². The number of rotatable bonds is 2. The molecule has 114 valence electrons. The van der Waals surface area contributed by atoms with E-state index in [0.717, 1.165) is 12.0 Å². The number of hydrogen-bond acceptors (Lipinski definition) is 3. The molecular weight excluding hydrogens is 278 g/mol. The molecule has 1 amide bonds. The fourth-order valence-corrected chi connectivity index (χ4v) is 5.59. The number of ether oxygens (including phenoxy) is 1. The molecule has 2 aliphatic heterocycles. The number of Topliss-reactive ketones (excluding diaryl/α,β-unsaturated/α-hetero) is 1. The normalized spacial score (nSPS) is 44.5. The molecule has 2 heterocycles. The van der Waals surface area contributed by atoms with Crippen LogP contribution in [0.25, 0.3) is 0 Å². The molecule has 0 N–H and O–H groups in total. The Kier molecular flexibility index (Phi) is 2.21. The van der Waals surface area contributed by atoms with Crippen molar-refractivity contribution in [2.45, 2.75) is 32.1 Å². The molecule has 4 fully saturated rings. The first-order chi connectivity index (χ1) is 10.6. The van der Waals surface area contributed by atoms with Crippen LogP contribution < -0.4 is 0 Å². The highest BCUT2D eigenvalue weighted by molar-refractivity contribution is 5.98. The quantitative estimate of drug-likeness (QED) is 0.837. The number of fused-ring (bicyclic) bond motifs is 2. The molecule has 1 aromatic rings. The van der Waals surface area contributed by atoms with E-state index in [4.69, 9.17) is 4.74 Å². The van der Waals surface area contributed by atoms with Gasteiger partial charge >= 0.3 is 0 Å². The molecule has 2 bridgehead atoms. The first-order valence-corrected chi connectivity index (χ1v) is 8.19. The third-order valence-electron chi connectivity index (χ3n) is 6.33. The number of carbonyl (C=O) groups is 2. The van der Waals surface area contributed by atoms with E-state index in [-0.39, 0.29) is 41.5 Å². The molecule has 22 heavy (non-hydrogen) atoms. The van der Waals surface area contributed by atoms with E-state index >= 15 is 0 Å². The average molecular weight is 297 g/mol. The molecule has 4 heteroatoms. The summed E-state index contributed by atoms with van der Waals surface area (Å²) in [7, 11) is 0. The van der Waals surface area contributed by atoms with Crippen LogP contribution in [-0.2, 0) is 20.1 Å². The fraction of sp³-hybridized carbons (Fsp3) is 0.556. The van der Waals surface area contributed by atoms with Gasteiger partial charge < -0.3 is 9.64 Å². The molecule has 1 aromatic carbocycles. The van der Waals surface area contributed by atoms with Gasteiger partial charge in [-0.2, -0.15) is 0 Å². The zero-order valence-electron chi connectivity index (χ0n) is 12.8. The largest absolute Gasteiger partial charge is 0.340 e. The number of nitrogens with zero attached hydrogens (tertiary/aromatic N) is 1. The van der Waals surface area contributed by atoms with Gasteiger partial charge in [-0.15, -0.1) is 0 Å². The second-order valence-corrected chi connectivity index (χ2v) is 7.14. The molecule has 5 rings (SSSR count). The van der Waals surface area contributed by atoms with Crippen molar-refractivity contribution in [2.24, 2.45) is 23.7 Å². The van der Waals surface area contributed by atoms with Gasteiger partial charge in [-0.3, -0.25) is 9.59 Å². The molecule has 4 nitrogen and oxygen atoms in total. The number of likely N-dealkylation sites (tertiary alicyclic amines) is 1. The Bertz CT molecular complexity index is 697. The van der Waals surface area contributed by atoms with Crippen LogP contribution in [0.4, 0.5) is 0 Å². The summed E-state index contributed by atoms with van der Waals surface area (Å²) in [5, 5.41) is 0. The molecule has 2 aliphatic carbocycles. The van der Waals surface area contributed by atoms with E-state index in [1.54, 1.807) is 0 Å². The summed E-state index contributed by atoms with van der Waals surface area (Å²) < 4.78 is 6.39. The standard InChI is InChI=1S/C18H19NO3/c1-3-19-17(21)13-11-8-12-14(13)18(19,22-16(12)15(11)20)10-6-4-9(2)5-7-10/h4-7,11-14,16H,3,8H2,1-2H3. The minimum absolute atomic E-state index is 0.101. The van der Waals surface area contributed by atoms with Crippen LogP contribution in [0.5, 0.6) is 0 Å². The van der Waals surface area contributed by atoms with E-state index in [1.165, 1.54) is 5.56 Å². The third kappa shape index (κ3) is 1.14. The van der Waals surface area contributed by atoms with E-state index in [9.17, 15) is 9.59 Å². The Hall–Kier alpha value is -1.68. The first-order valence-electron chi connectivity index (χ1n) is 8.19. The summed E-state index contributed by atoms with van der Waals surface area (Å²) in [5.41, 5.74) is 1.51. The van der Waals surface area contributed by atoms with Crippen molar-refractivity contribution in [1.82, 2.24) is 4.90 Å². The number of amides is 1. The van der Waals surface area contributed by atoms with Crippen molar-refractivity contribution in [2.75, 3.05) is 6.54 Å². The molecule has 0 radical (unpaired) electrons. The summed E-state index contributed by atoms with van der Waals surface area (Å²) in [6, 6.07) is 8.26. The summed E-state index contributed by atoms with van der Waals surface area (Å²) >= 11 is 0. The zero-order chi connectivity index (χ0) is 15.2. The van der Waals surface area contributed by atoms with Gasteiger partial charge in [0.15, 0.2) is 11.5 Å². The lowest BCUT2D eigenvalue weighted by molar-refractivity contribution is -0.173. The van der Waals surface area contributed by atoms with Crippen LogP contribution in [0.15, 0.2) is 24.3 Å². The Morgan fingerprint density at radius 1 is 1.27 bits per heavy atom. The Balaban J connectivity index is 1.74. The van der Waals surface area contributed by atoms with E-state index in [2.05, 4.69) is 31.2 Å². The lowest BCUT2D eigenvalue weighted by atomic mass is 9.76. The molecule has 0 aromatic heterocycles. The van der Waals surface area contributed by atoms with Gasteiger partial charge in [0.1, 0.15) is 6.10 Å². The van der Waals surface area contributed by atoms with Gasteiger partial charge in [0.2, 0.25) is 5.91 Å². The lowest BCUT2D eigenvalue weighted by Crippen LogP contribution is -2.48. The van der Waals surface area contributed by atoms with Crippen molar-refractivity contribution in [3.63, 3.8) is 0 Å². The van der Waals surface area contributed by atoms with Gasteiger partial charge in [-0.05, 0) is 20.3 Å². The van der Waals surface area contributed by atoms with Crippen LogP contribution >= 0.6 is 0 Å². The maximum absolute atomic E-state index is 12.9. The summed E-state index contributed by atoms with van der Waals surface area (Å²) in [5.74, 6) is 0.407. The Labute approximate surface area is 129 Å². The number of hydrogen-bond donors (Lipinski definition) is 0. The molecule has 4 aliphatic rings. The van der Waals surface area contributed by atoms with Crippen molar-refractivity contribution >= 4 is 11.7 Å². The molecule has 2 saturated carbocycles. The second-order valence-electron chi connectivity index (χ2n) is 7.14. The van der Waals surface area contributed by atoms with Crippen LogP contribution in [-0.4, -0.2) is 29.2 Å². The van der Waals surface area contributed by atoms with Crippen molar-refractivity contribution in [1.29, 1.82) is 0 Å². The van der Waals surface area contributed by atoms with Gasteiger partial charge in [0.25, 0.3) is 0 Å². The van der Waals surface area contributed by atoms with Crippen LogP contribution in [0, 0.1) is 30.6 Å². The smallest absolute Gasteiger partial charge is 0.229 e.